The van der Waals surface area contributed by atoms with Crippen LogP contribution in [0.25, 0.3) is 0 Å². The maximum atomic E-state index is 5.51. The summed E-state index contributed by atoms with van der Waals surface area (Å²) in [6.45, 7) is 4.74. The Balaban J connectivity index is 1.80. The highest BCUT2D eigenvalue weighted by Gasteiger charge is 2.17. The zero-order valence-electron chi connectivity index (χ0n) is 11.8. The SMILES string of the molecule is CCCNC(Cc1nccs1)c1ccc2c(c1)COC2. The van der Waals surface area contributed by atoms with Crippen LogP contribution in [-0.4, -0.2) is 11.5 Å². The van der Waals surface area contributed by atoms with Crippen LogP contribution in [0.15, 0.2) is 29.8 Å². The lowest BCUT2D eigenvalue weighted by molar-refractivity contribution is 0.134. The highest BCUT2D eigenvalue weighted by atomic mass is 32.1. The van der Waals surface area contributed by atoms with Gasteiger partial charge in [0.15, 0.2) is 0 Å². The minimum atomic E-state index is 0.340. The molecule has 0 amide bonds. The van der Waals surface area contributed by atoms with Gasteiger partial charge in [-0.1, -0.05) is 25.1 Å². The third-order valence-electron chi connectivity index (χ3n) is 3.65. The molecule has 0 saturated carbocycles. The molecule has 0 fully saturated rings. The van der Waals surface area contributed by atoms with Gasteiger partial charge in [0.25, 0.3) is 0 Å². The number of thiazole rings is 1. The van der Waals surface area contributed by atoms with Crippen molar-refractivity contribution in [2.75, 3.05) is 6.54 Å². The van der Waals surface area contributed by atoms with Crippen LogP contribution in [0.4, 0.5) is 0 Å². The average molecular weight is 288 g/mol. The van der Waals surface area contributed by atoms with Crippen LogP contribution < -0.4 is 5.32 Å². The molecule has 0 saturated heterocycles. The molecular weight excluding hydrogens is 268 g/mol. The van der Waals surface area contributed by atoms with Crippen molar-refractivity contribution in [1.29, 1.82) is 0 Å². The van der Waals surface area contributed by atoms with Gasteiger partial charge in [0, 0.05) is 24.0 Å². The van der Waals surface area contributed by atoms with Crippen LogP contribution in [-0.2, 0) is 24.4 Å². The quantitative estimate of drug-likeness (QED) is 0.884. The number of hydrogen-bond donors (Lipinski definition) is 1. The van der Waals surface area contributed by atoms with Crippen LogP contribution in [0.1, 0.15) is 41.1 Å². The summed E-state index contributed by atoms with van der Waals surface area (Å²) in [7, 11) is 0. The molecule has 1 aromatic carbocycles. The molecule has 1 aromatic heterocycles. The van der Waals surface area contributed by atoms with Gasteiger partial charge in [0.1, 0.15) is 0 Å². The molecule has 4 heteroatoms. The zero-order chi connectivity index (χ0) is 13.8. The Bertz CT molecular complexity index is 554. The fourth-order valence-electron chi connectivity index (χ4n) is 2.56. The molecule has 2 aromatic rings. The second kappa shape index (κ2) is 6.48. The topological polar surface area (TPSA) is 34.2 Å². The van der Waals surface area contributed by atoms with Gasteiger partial charge in [0.05, 0.1) is 18.2 Å². The molecule has 3 rings (SSSR count). The number of benzene rings is 1. The largest absolute Gasteiger partial charge is 0.372 e. The lowest BCUT2D eigenvalue weighted by atomic mass is 9.99. The minimum Gasteiger partial charge on any atom is -0.372 e. The van der Waals surface area contributed by atoms with Crippen molar-refractivity contribution in [3.05, 3.63) is 51.5 Å². The van der Waals surface area contributed by atoms with E-state index in [0.717, 1.165) is 32.6 Å². The number of aromatic nitrogens is 1. The molecule has 0 aliphatic carbocycles. The van der Waals surface area contributed by atoms with E-state index in [9.17, 15) is 0 Å². The van der Waals surface area contributed by atoms with Crippen LogP contribution in [0.2, 0.25) is 0 Å². The number of fused-ring (bicyclic) bond motifs is 1. The van der Waals surface area contributed by atoms with E-state index in [1.165, 1.54) is 21.7 Å². The number of rotatable bonds is 6. The van der Waals surface area contributed by atoms with Crippen molar-refractivity contribution in [2.24, 2.45) is 0 Å². The second-order valence-electron chi connectivity index (χ2n) is 5.16. The second-order valence-corrected chi connectivity index (χ2v) is 6.14. The maximum Gasteiger partial charge on any atom is 0.0943 e. The summed E-state index contributed by atoms with van der Waals surface area (Å²) in [4.78, 5) is 4.42. The molecule has 1 aliphatic rings. The summed E-state index contributed by atoms with van der Waals surface area (Å²) in [5.41, 5.74) is 4.01. The molecule has 0 bridgehead atoms. The van der Waals surface area contributed by atoms with Crippen molar-refractivity contribution < 1.29 is 4.74 Å². The monoisotopic (exact) mass is 288 g/mol. The minimum absolute atomic E-state index is 0.340. The Hall–Kier alpha value is -1.23. The van der Waals surface area contributed by atoms with Gasteiger partial charge in [-0.05, 0) is 29.7 Å². The van der Waals surface area contributed by atoms with Gasteiger partial charge in [-0.25, -0.2) is 4.98 Å². The van der Waals surface area contributed by atoms with Gasteiger partial charge in [-0.3, -0.25) is 0 Å². The summed E-state index contributed by atoms with van der Waals surface area (Å²) < 4.78 is 5.51. The number of ether oxygens (including phenoxy) is 1. The van der Waals surface area contributed by atoms with Crippen LogP contribution in [0.3, 0.4) is 0 Å². The molecule has 0 spiro atoms. The highest BCUT2D eigenvalue weighted by Crippen LogP contribution is 2.26. The van der Waals surface area contributed by atoms with Gasteiger partial charge in [0.2, 0.25) is 0 Å². The van der Waals surface area contributed by atoms with E-state index in [1.807, 2.05) is 11.6 Å². The highest BCUT2D eigenvalue weighted by molar-refractivity contribution is 7.09. The molecular formula is C16H20N2OS. The van der Waals surface area contributed by atoms with E-state index < -0.39 is 0 Å². The third-order valence-corrected chi connectivity index (χ3v) is 4.45. The molecule has 1 aliphatic heterocycles. The number of nitrogens with zero attached hydrogens (tertiary/aromatic N) is 1. The van der Waals surface area contributed by atoms with Crippen molar-refractivity contribution in [1.82, 2.24) is 10.3 Å². The molecule has 20 heavy (non-hydrogen) atoms. The van der Waals surface area contributed by atoms with Gasteiger partial charge in [-0.15, -0.1) is 11.3 Å². The first-order chi connectivity index (χ1) is 9.86. The molecule has 1 atom stereocenters. The van der Waals surface area contributed by atoms with E-state index in [2.05, 4.69) is 35.4 Å². The Morgan fingerprint density at radius 1 is 1.35 bits per heavy atom. The first-order valence-electron chi connectivity index (χ1n) is 7.18. The predicted octanol–water partition coefficient (Wildman–Crippen LogP) is 3.46. The molecule has 2 heterocycles. The van der Waals surface area contributed by atoms with E-state index in [1.54, 1.807) is 11.3 Å². The first-order valence-corrected chi connectivity index (χ1v) is 8.06. The lowest BCUT2D eigenvalue weighted by Gasteiger charge is -2.18. The lowest BCUT2D eigenvalue weighted by Crippen LogP contribution is -2.24. The van der Waals surface area contributed by atoms with Crippen LogP contribution in [0, 0.1) is 0 Å². The fourth-order valence-corrected chi connectivity index (χ4v) is 3.23. The van der Waals surface area contributed by atoms with Crippen molar-refractivity contribution in [3.63, 3.8) is 0 Å². The first kappa shape index (κ1) is 13.7. The summed E-state index contributed by atoms with van der Waals surface area (Å²) in [6, 6.07) is 7.07. The Labute approximate surface area is 124 Å². The van der Waals surface area contributed by atoms with Gasteiger partial charge in [-0.2, -0.15) is 0 Å². The summed E-state index contributed by atoms with van der Waals surface area (Å²) >= 11 is 1.73. The predicted molar refractivity (Wildman–Crippen MR) is 81.8 cm³/mol. The van der Waals surface area contributed by atoms with Crippen LogP contribution >= 0.6 is 11.3 Å². The Morgan fingerprint density at radius 2 is 2.25 bits per heavy atom. The van der Waals surface area contributed by atoms with Crippen molar-refractivity contribution >= 4 is 11.3 Å². The Kier molecular flexibility index (Phi) is 4.45. The van der Waals surface area contributed by atoms with E-state index in [0.29, 0.717) is 6.04 Å². The van der Waals surface area contributed by atoms with E-state index >= 15 is 0 Å². The van der Waals surface area contributed by atoms with Gasteiger partial charge >= 0.3 is 0 Å². The normalized spacial score (nSPS) is 15.2. The summed E-state index contributed by atoms with van der Waals surface area (Å²) in [5.74, 6) is 0. The van der Waals surface area contributed by atoms with Crippen molar-refractivity contribution in [2.45, 2.75) is 39.0 Å². The van der Waals surface area contributed by atoms with Crippen molar-refractivity contribution in [3.8, 4) is 0 Å². The molecule has 1 N–H and O–H groups in total. The molecule has 1 unspecified atom stereocenters. The molecule has 3 nitrogen and oxygen atoms in total. The van der Waals surface area contributed by atoms with E-state index in [-0.39, 0.29) is 0 Å². The standard InChI is InChI=1S/C16H20N2OS/c1-2-5-17-15(9-16-18-6-7-20-16)12-3-4-13-10-19-11-14(13)8-12/h3-4,6-8,15,17H,2,5,9-11H2,1H3. The number of nitrogens with one attached hydrogen (secondary N) is 1. The summed E-state index contributed by atoms with van der Waals surface area (Å²) in [5, 5.41) is 6.88. The average Bonchev–Trinajstić information content (AvgIpc) is 3.13. The third kappa shape index (κ3) is 3.08. The van der Waals surface area contributed by atoms with Crippen LogP contribution in [0.5, 0.6) is 0 Å². The Morgan fingerprint density at radius 3 is 3.05 bits per heavy atom. The zero-order valence-corrected chi connectivity index (χ0v) is 12.6. The van der Waals surface area contributed by atoms with Gasteiger partial charge < -0.3 is 10.1 Å². The molecule has 0 radical (unpaired) electrons. The summed E-state index contributed by atoms with van der Waals surface area (Å²) in [6.07, 6.45) is 3.98. The van der Waals surface area contributed by atoms with E-state index in [4.69, 9.17) is 4.74 Å². The maximum absolute atomic E-state index is 5.51. The molecule has 106 valence electrons. The smallest absolute Gasteiger partial charge is 0.0943 e. The fraction of sp³-hybridized carbons (Fsp3) is 0.438. The number of hydrogen-bond acceptors (Lipinski definition) is 4.